The van der Waals surface area contributed by atoms with Gasteiger partial charge in [0.25, 0.3) is 0 Å². The van der Waals surface area contributed by atoms with Crippen molar-refractivity contribution < 1.29 is 9.47 Å². The molecule has 1 aromatic carbocycles. The molecule has 3 rings (SSSR count). The molecule has 3 heteroatoms. The first kappa shape index (κ1) is 12.0. The van der Waals surface area contributed by atoms with Gasteiger partial charge in [0.05, 0.1) is 6.10 Å². The summed E-state index contributed by atoms with van der Waals surface area (Å²) in [4.78, 5) is 0. The van der Waals surface area contributed by atoms with Crippen LogP contribution in [0.15, 0.2) is 18.2 Å². The molecule has 1 aliphatic carbocycles. The van der Waals surface area contributed by atoms with E-state index in [2.05, 4.69) is 18.2 Å². The number of ether oxygens (including phenoxy) is 2. The summed E-state index contributed by atoms with van der Waals surface area (Å²) in [5.41, 5.74) is 8.74. The molecular weight excluding hydrogens is 226 g/mol. The molecule has 0 bridgehead atoms. The van der Waals surface area contributed by atoms with Crippen molar-refractivity contribution in [1.82, 2.24) is 0 Å². The summed E-state index contributed by atoms with van der Waals surface area (Å²) in [6.45, 7) is 1.55. The largest absolute Gasteiger partial charge is 0.491 e. The zero-order valence-corrected chi connectivity index (χ0v) is 10.7. The van der Waals surface area contributed by atoms with Crippen molar-refractivity contribution in [2.24, 2.45) is 5.73 Å². The van der Waals surface area contributed by atoms with Gasteiger partial charge in [-0.05, 0) is 49.3 Å². The SMILES string of the molecule is NC1CCCc2c(OCC3CCCO3)cccc21. The van der Waals surface area contributed by atoms with Crippen LogP contribution in [-0.2, 0) is 11.2 Å². The van der Waals surface area contributed by atoms with Crippen molar-refractivity contribution in [2.75, 3.05) is 13.2 Å². The molecule has 1 saturated heterocycles. The lowest BCUT2D eigenvalue weighted by molar-refractivity contribution is 0.0675. The Morgan fingerprint density at radius 2 is 2.22 bits per heavy atom. The first-order valence-electron chi connectivity index (χ1n) is 6.96. The van der Waals surface area contributed by atoms with Crippen molar-refractivity contribution in [2.45, 2.75) is 44.2 Å². The predicted octanol–water partition coefficient (Wildman–Crippen LogP) is 2.58. The van der Waals surface area contributed by atoms with E-state index in [-0.39, 0.29) is 12.1 Å². The molecule has 0 saturated carbocycles. The van der Waals surface area contributed by atoms with Gasteiger partial charge in [0, 0.05) is 12.6 Å². The van der Waals surface area contributed by atoms with Crippen LogP contribution in [0.3, 0.4) is 0 Å². The minimum Gasteiger partial charge on any atom is -0.491 e. The molecule has 2 N–H and O–H groups in total. The quantitative estimate of drug-likeness (QED) is 0.893. The van der Waals surface area contributed by atoms with Crippen LogP contribution in [0, 0.1) is 0 Å². The van der Waals surface area contributed by atoms with E-state index in [1.54, 1.807) is 0 Å². The van der Waals surface area contributed by atoms with Crippen molar-refractivity contribution in [3.05, 3.63) is 29.3 Å². The molecule has 2 aliphatic rings. The van der Waals surface area contributed by atoms with E-state index in [1.807, 2.05) is 0 Å². The van der Waals surface area contributed by atoms with Gasteiger partial charge in [0.15, 0.2) is 0 Å². The van der Waals surface area contributed by atoms with Crippen LogP contribution < -0.4 is 10.5 Å². The second kappa shape index (κ2) is 5.29. The highest BCUT2D eigenvalue weighted by atomic mass is 16.5. The highest BCUT2D eigenvalue weighted by molar-refractivity contribution is 5.43. The van der Waals surface area contributed by atoms with E-state index >= 15 is 0 Å². The molecule has 1 aliphatic heterocycles. The molecular formula is C15H21NO2. The van der Waals surface area contributed by atoms with Crippen LogP contribution in [0.2, 0.25) is 0 Å². The van der Waals surface area contributed by atoms with Crippen LogP contribution in [0.1, 0.15) is 42.9 Å². The van der Waals surface area contributed by atoms with E-state index in [0.717, 1.165) is 44.5 Å². The topological polar surface area (TPSA) is 44.5 Å². The molecule has 0 radical (unpaired) electrons. The molecule has 1 heterocycles. The van der Waals surface area contributed by atoms with Gasteiger partial charge >= 0.3 is 0 Å². The Hall–Kier alpha value is -1.06. The molecule has 2 atom stereocenters. The van der Waals surface area contributed by atoms with E-state index in [1.165, 1.54) is 11.1 Å². The maximum atomic E-state index is 6.15. The lowest BCUT2D eigenvalue weighted by Gasteiger charge is -2.24. The summed E-state index contributed by atoms with van der Waals surface area (Å²) in [6, 6.07) is 6.43. The Morgan fingerprint density at radius 1 is 1.28 bits per heavy atom. The van der Waals surface area contributed by atoms with Gasteiger partial charge in [0.2, 0.25) is 0 Å². The maximum Gasteiger partial charge on any atom is 0.122 e. The van der Waals surface area contributed by atoms with E-state index in [0.29, 0.717) is 6.61 Å². The Bertz CT molecular complexity index is 413. The summed E-state index contributed by atoms with van der Waals surface area (Å²) in [7, 11) is 0. The Balaban J connectivity index is 1.73. The molecule has 2 unspecified atom stereocenters. The first-order chi connectivity index (χ1) is 8.84. The first-order valence-corrected chi connectivity index (χ1v) is 6.96. The fraction of sp³-hybridized carbons (Fsp3) is 0.600. The highest BCUT2D eigenvalue weighted by Gasteiger charge is 2.21. The van der Waals surface area contributed by atoms with Gasteiger partial charge < -0.3 is 15.2 Å². The van der Waals surface area contributed by atoms with Crippen LogP contribution in [-0.4, -0.2) is 19.3 Å². The van der Waals surface area contributed by atoms with Crippen LogP contribution in [0.4, 0.5) is 0 Å². The summed E-state index contributed by atoms with van der Waals surface area (Å²) >= 11 is 0. The third kappa shape index (κ3) is 2.38. The monoisotopic (exact) mass is 247 g/mol. The Kier molecular flexibility index (Phi) is 3.52. The van der Waals surface area contributed by atoms with Gasteiger partial charge in [-0.15, -0.1) is 0 Å². The fourth-order valence-electron chi connectivity index (χ4n) is 2.95. The Labute approximate surface area is 108 Å². The van der Waals surface area contributed by atoms with Crippen molar-refractivity contribution in [1.29, 1.82) is 0 Å². The average molecular weight is 247 g/mol. The van der Waals surface area contributed by atoms with Crippen LogP contribution >= 0.6 is 0 Å². The molecule has 3 nitrogen and oxygen atoms in total. The highest BCUT2D eigenvalue weighted by Crippen LogP contribution is 2.34. The van der Waals surface area contributed by atoms with Gasteiger partial charge in [-0.2, -0.15) is 0 Å². The van der Waals surface area contributed by atoms with E-state index in [4.69, 9.17) is 15.2 Å². The normalized spacial score (nSPS) is 26.9. The lowest BCUT2D eigenvalue weighted by Crippen LogP contribution is -2.20. The maximum absolute atomic E-state index is 6.15. The molecule has 1 fully saturated rings. The predicted molar refractivity (Wildman–Crippen MR) is 70.8 cm³/mol. The summed E-state index contributed by atoms with van der Waals surface area (Å²) in [5.74, 6) is 1.01. The number of hydrogen-bond acceptors (Lipinski definition) is 3. The molecule has 0 spiro atoms. The van der Waals surface area contributed by atoms with E-state index in [9.17, 15) is 0 Å². The number of nitrogens with two attached hydrogens (primary N) is 1. The number of hydrogen-bond donors (Lipinski definition) is 1. The third-order valence-electron chi connectivity index (χ3n) is 3.96. The van der Waals surface area contributed by atoms with Gasteiger partial charge in [-0.1, -0.05) is 12.1 Å². The number of rotatable bonds is 3. The minimum atomic E-state index is 0.181. The second-order valence-corrected chi connectivity index (χ2v) is 5.27. The molecule has 18 heavy (non-hydrogen) atoms. The van der Waals surface area contributed by atoms with Crippen LogP contribution in [0.5, 0.6) is 5.75 Å². The smallest absolute Gasteiger partial charge is 0.122 e. The van der Waals surface area contributed by atoms with Crippen molar-refractivity contribution in [3.8, 4) is 5.75 Å². The average Bonchev–Trinajstić information content (AvgIpc) is 2.90. The number of fused-ring (bicyclic) bond motifs is 1. The zero-order valence-electron chi connectivity index (χ0n) is 10.7. The fourth-order valence-corrected chi connectivity index (χ4v) is 2.95. The molecule has 98 valence electrons. The second-order valence-electron chi connectivity index (χ2n) is 5.27. The van der Waals surface area contributed by atoms with Crippen molar-refractivity contribution >= 4 is 0 Å². The summed E-state index contributed by atoms with van der Waals surface area (Å²) in [6.07, 6.45) is 5.89. The summed E-state index contributed by atoms with van der Waals surface area (Å²) < 4.78 is 11.5. The zero-order chi connectivity index (χ0) is 12.4. The third-order valence-corrected chi connectivity index (χ3v) is 3.96. The number of benzene rings is 1. The van der Waals surface area contributed by atoms with Gasteiger partial charge in [-0.3, -0.25) is 0 Å². The minimum absolute atomic E-state index is 0.181. The summed E-state index contributed by atoms with van der Waals surface area (Å²) in [5, 5.41) is 0. The standard InChI is InChI=1S/C15H21NO2/c16-14-7-1-6-13-12(14)5-2-8-15(13)18-10-11-4-3-9-17-11/h2,5,8,11,14H,1,3-4,6-7,9-10,16H2. The lowest BCUT2D eigenvalue weighted by atomic mass is 9.87. The van der Waals surface area contributed by atoms with Crippen LogP contribution in [0.25, 0.3) is 0 Å². The van der Waals surface area contributed by atoms with Gasteiger partial charge in [0.1, 0.15) is 12.4 Å². The Morgan fingerprint density at radius 3 is 3.06 bits per heavy atom. The molecule has 1 aromatic rings. The molecule has 0 aromatic heterocycles. The van der Waals surface area contributed by atoms with E-state index < -0.39 is 0 Å². The van der Waals surface area contributed by atoms with Gasteiger partial charge in [-0.25, -0.2) is 0 Å². The molecule has 0 amide bonds. The van der Waals surface area contributed by atoms with Crippen molar-refractivity contribution in [3.63, 3.8) is 0 Å².